The summed E-state index contributed by atoms with van der Waals surface area (Å²) < 4.78 is 0. The van der Waals surface area contributed by atoms with E-state index in [0.29, 0.717) is 10.8 Å². The van der Waals surface area contributed by atoms with Crippen molar-refractivity contribution in [1.82, 2.24) is 0 Å². The van der Waals surface area contributed by atoms with Crippen LogP contribution in [-0.2, 0) is 0 Å². The molecule has 0 bridgehead atoms. The smallest absolute Gasteiger partial charge is 0.189 e. The van der Waals surface area contributed by atoms with Crippen LogP contribution in [-0.4, -0.2) is 0 Å². The Bertz CT molecular complexity index is 660. The third-order valence-corrected chi connectivity index (χ3v) is 6.06. The van der Waals surface area contributed by atoms with Gasteiger partial charge in [-0.2, -0.15) is 47.2 Å². The van der Waals surface area contributed by atoms with Crippen molar-refractivity contribution in [2.75, 3.05) is 0 Å². The summed E-state index contributed by atoms with van der Waals surface area (Å²) in [4.78, 5) is 0. The SMILES string of the molecule is CC(C)(C)C[C-](CCCCCCCC[C-](CC(C)(C)C)c1ccccc1)c1ccccc1.[Li+].[Li+]. The minimum Gasteiger partial charge on any atom is -0.189 e. The van der Waals surface area contributed by atoms with E-state index in [9.17, 15) is 0 Å². The van der Waals surface area contributed by atoms with Gasteiger partial charge in [-0.1, -0.05) is 118 Å². The largest absolute Gasteiger partial charge is 1.00 e. The standard InChI is InChI=1S/C32H48.2Li/c1-31(2,3)25-29(27-19-15-11-16-20-27)23-13-9-7-8-10-14-24-30(26-32(4,5)6)28-21-17-12-18-22-28;;/h11-12,15-22H,7-10,13-14,23-26H2,1-6H3;;/q-2;2*+1. The van der Waals surface area contributed by atoms with E-state index in [0.717, 1.165) is 0 Å². The Morgan fingerprint density at radius 2 is 0.765 bits per heavy atom. The predicted molar refractivity (Wildman–Crippen MR) is 143 cm³/mol. The first-order valence-corrected chi connectivity index (χ1v) is 12.9. The van der Waals surface area contributed by atoms with Crippen LogP contribution >= 0.6 is 0 Å². The topological polar surface area (TPSA) is 0 Å². The van der Waals surface area contributed by atoms with Crippen LogP contribution in [0.15, 0.2) is 60.7 Å². The third kappa shape index (κ3) is 14.7. The number of hydrogen-bond donors (Lipinski definition) is 0. The normalized spacial score (nSPS) is 11.4. The molecule has 0 aromatic heterocycles. The molecule has 0 aliphatic rings. The molecule has 178 valence electrons. The number of rotatable bonds is 13. The van der Waals surface area contributed by atoms with Crippen molar-refractivity contribution in [1.29, 1.82) is 0 Å². The van der Waals surface area contributed by atoms with Gasteiger partial charge in [0.05, 0.1) is 0 Å². The van der Waals surface area contributed by atoms with Crippen molar-refractivity contribution in [2.24, 2.45) is 10.8 Å². The van der Waals surface area contributed by atoms with E-state index >= 15 is 0 Å². The second-order valence-corrected chi connectivity index (χ2v) is 12.0. The quantitative estimate of drug-likeness (QED) is 0.245. The van der Waals surface area contributed by atoms with Crippen molar-refractivity contribution >= 4 is 0 Å². The molecule has 34 heavy (non-hydrogen) atoms. The van der Waals surface area contributed by atoms with Gasteiger partial charge in [0.25, 0.3) is 0 Å². The van der Waals surface area contributed by atoms with Crippen LogP contribution in [0.2, 0.25) is 0 Å². The summed E-state index contributed by atoms with van der Waals surface area (Å²) in [5, 5.41) is 0. The molecule has 0 amide bonds. The van der Waals surface area contributed by atoms with E-state index in [4.69, 9.17) is 0 Å². The van der Waals surface area contributed by atoms with E-state index < -0.39 is 0 Å². The fraction of sp³-hybridized carbons (Fsp3) is 0.562. The van der Waals surface area contributed by atoms with Gasteiger partial charge >= 0.3 is 37.7 Å². The van der Waals surface area contributed by atoms with E-state index in [1.54, 1.807) is 11.8 Å². The summed E-state index contributed by atoms with van der Waals surface area (Å²) in [6.45, 7) is 14.1. The number of unbranched alkanes of at least 4 members (excludes halogenated alkanes) is 5. The molecule has 0 atom stereocenters. The molecule has 0 spiro atoms. The van der Waals surface area contributed by atoms with Crippen LogP contribution in [0.25, 0.3) is 0 Å². The molecule has 0 saturated carbocycles. The molecule has 0 unspecified atom stereocenters. The molecule has 0 aliphatic heterocycles. The van der Waals surface area contributed by atoms with E-state index in [1.807, 2.05) is 0 Å². The summed E-state index contributed by atoms with van der Waals surface area (Å²) in [6, 6.07) is 22.1. The predicted octanol–water partition coefficient (Wildman–Crippen LogP) is 4.23. The molecule has 2 rings (SSSR count). The van der Waals surface area contributed by atoms with Gasteiger partial charge in [-0.25, -0.2) is 0 Å². The summed E-state index contributed by atoms with van der Waals surface area (Å²) in [7, 11) is 0. The minimum atomic E-state index is 0. The van der Waals surface area contributed by atoms with Crippen LogP contribution in [0.3, 0.4) is 0 Å². The average molecular weight is 447 g/mol. The Morgan fingerprint density at radius 1 is 0.471 bits per heavy atom. The van der Waals surface area contributed by atoms with Gasteiger partial charge in [-0.05, 0) is 10.8 Å². The average Bonchev–Trinajstić information content (AvgIpc) is 2.73. The van der Waals surface area contributed by atoms with E-state index in [1.165, 1.54) is 75.3 Å². The van der Waals surface area contributed by atoms with Crippen molar-refractivity contribution in [3.8, 4) is 0 Å². The first-order valence-electron chi connectivity index (χ1n) is 12.9. The molecule has 2 heteroatoms. The molecule has 0 N–H and O–H groups in total. The number of benzene rings is 2. The Morgan fingerprint density at radius 3 is 1.06 bits per heavy atom. The van der Waals surface area contributed by atoms with Crippen LogP contribution in [0.1, 0.15) is 117 Å². The first-order chi connectivity index (χ1) is 15.1. The maximum Gasteiger partial charge on any atom is 1.00 e. The summed E-state index contributed by atoms with van der Waals surface area (Å²) in [5.41, 5.74) is 3.60. The zero-order valence-corrected chi connectivity index (χ0v) is 23.8. The molecule has 0 fully saturated rings. The van der Waals surface area contributed by atoms with Crippen LogP contribution in [0.5, 0.6) is 0 Å². The van der Waals surface area contributed by atoms with Crippen LogP contribution in [0.4, 0.5) is 0 Å². The third-order valence-electron chi connectivity index (χ3n) is 6.06. The van der Waals surface area contributed by atoms with Gasteiger partial charge in [0, 0.05) is 0 Å². The van der Waals surface area contributed by atoms with Crippen molar-refractivity contribution in [3.63, 3.8) is 0 Å². The fourth-order valence-corrected chi connectivity index (χ4v) is 4.68. The maximum absolute atomic E-state index is 2.36. The maximum atomic E-state index is 2.36. The molecular formula is C32H48Li2. The molecule has 0 aliphatic carbocycles. The molecular weight excluding hydrogens is 398 g/mol. The monoisotopic (exact) mass is 446 g/mol. The molecule has 2 aromatic rings. The molecule has 2 aromatic carbocycles. The zero-order valence-electron chi connectivity index (χ0n) is 23.8. The summed E-state index contributed by atoms with van der Waals surface area (Å²) in [6.07, 6.45) is 13.0. The van der Waals surface area contributed by atoms with Gasteiger partial charge in [0.2, 0.25) is 0 Å². The Labute approximate surface area is 236 Å². The molecule has 0 nitrogen and oxygen atoms in total. The molecule has 0 radical (unpaired) electrons. The van der Waals surface area contributed by atoms with E-state index in [-0.39, 0.29) is 37.7 Å². The minimum absolute atomic E-state index is 0. The molecule has 0 saturated heterocycles. The van der Waals surface area contributed by atoms with Crippen molar-refractivity contribution in [2.45, 2.75) is 106 Å². The first kappa shape index (κ1) is 33.4. The van der Waals surface area contributed by atoms with Gasteiger partial charge in [0.1, 0.15) is 0 Å². The van der Waals surface area contributed by atoms with Gasteiger partial charge in [0.15, 0.2) is 0 Å². The zero-order chi connectivity index (χ0) is 23.5. The molecule has 0 heterocycles. The second kappa shape index (κ2) is 16.9. The van der Waals surface area contributed by atoms with Gasteiger partial charge < -0.3 is 0 Å². The summed E-state index contributed by atoms with van der Waals surface area (Å²) in [5.74, 6) is 3.28. The second-order valence-electron chi connectivity index (χ2n) is 12.0. The van der Waals surface area contributed by atoms with Gasteiger partial charge in [-0.15, -0.1) is 24.3 Å². The van der Waals surface area contributed by atoms with E-state index in [2.05, 4.69) is 102 Å². The van der Waals surface area contributed by atoms with Crippen molar-refractivity contribution < 1.29 is 37.7 Å². The van der Waals surface area contributed by atoms with Crippen LogP contribution < -0.4 is 37.7 Å². The number of hydrogen-bond acceptors (Lipinski definition) is 0. The Kier molecular flexibility index (Phi) is 16.6. The Hall–Kier alpha value is -0.625. The fourth-order valence-electron chi connectivity index (χ4n) is 4.68. The van der Waals surface area contributed by atoms with Crippen LogP contribution in [0, 0.1) is 22.7 Å². The van der Waals surface area contributed by atoms with Gasteiger partial charge in [-0.3, -0.25) is 0 Å². The summed E-state index contributed by atoms with van der Waals surface area (Å²) >= 11 is 0. The Balaban J connectivity index is 0.00000544. The van der Waals surface area contributed by atoms with Crippen molar-refractivity contribution in [3.05, 3.63) is 83.6 Å².